The molecule has 0 fully saturated rings. The second-order valence-corrected chi connectivity index (χ2v) is 2.73. The van der Waals surface area contributed by atoms with Gasteiger partial charge >= 0.3 is 0 Å². The fraction of sp³-hybridized carbons (Fsp3) is 0.400. The molecule has 0 spiro atoms. The van der Waals surface area contributed by atoms with Gasteiger partial charge in [-0.05, 0) is 20.8 Å². The maximum atomic E-state index is 11.1. The lowest BCUT2D eigenvalue weighted by atomic mass is 10.2. The Hall–Kier alpha value is -1.56. The summed E-state index contributed by atoms with van der Waals surface area (Å²) >= 11 is 0. The van der Waals surface area contributed by atoms with Crippen molar-refractivity contribution >= 4 is 5.91 Å². The highest BCUT2D eigenvalue weighted by molar-refractivity contribution is 5.88. The summed E-state index contributed by atoms with van der Waals surface area (Å²) in [5, 5.41) is 10.9. The molecule has 3 heteroatoms. The third-order valence-corrected chi connectivity index (χ3v) is 1.51. The Bertz CT molecular complexity index is 271. The molecule has 70 valence electrons. The van der Waals surface area contributed by atoms with Crippen LogP contribution in [0.25, 0.3) is 0 Å². The first-order chi connectivity index (χ1) is 6.10. The summed E-state index contributed by atoms with van der Waals surface area (Å²) in [7, 11) is 0. The first kappa shape index (κ1) is 11.4. The Balaban J connectivity index is 4.03. The van der Waals surface area contributed by atoms with Gasteiger partial charge in [-0.2, -0.15) is 5.26 Å². The first-order valence-electron chi connectivity index (χ1n) is 4.11. The molecule has 0 radical (unpaired) electrons. The monoisotopic (exact) mass is 178 g/mol. The van der Waals surface area contributed by atoms with E-state index in [0.29, 0.717) is 0 Å². The number of nitriles is 1. The van der Waals surface area contributed by atoms with E-state index < -0.39 is 6.04 Å². The highest BCUT2D eigenvalue weighted by Crippen LogP contribution is 1.93. The van der Waals surface area contributed by atoms with Gasteiger partial charge in [0.2, 0.25) is 5.91 Å². The molecule has 0 aliphatic carbocycles. The van der Waals surface area contributed by atoms with E-state index in [1.54, 1.807) is 13.0 Å². The van der Waals surface area contributed by atoms with Gasteiger partial charge < -0.3 is 5.32 Å². The van der Waals surface area contributed by atoms with Crippen molar-refractivity contribution in [2.75, 3.05) is 0 Å². The summed E-state index contributed by atoms with van der Waals surface area (Å²) in [5.74, 6) is -0.241. The van der Waals surface area contributed by atoms with Crippen molar-refractivity contribution in [3.8, 4) is 6.07 Å². The van der Waals surface area contributed by atoms with Crippen molar-refractivity contribution in [1.82, 2.24) is 5.32 Å². The Kier molecular flexibility index (Phi) is 5.29. The molecule has 1 atom stereocenters. The summed E-state index contributed by atoms with van der Waals surface area (Å²) in [6, 6.07) is 1.48. The standard InChI is InChI=1S/C10H14N2O/c1-4-8(2)5-6-10(13)12-9(3)7-11/h4-6,9H,1-3H3,(H,12,13)/b6-5+,8-4-/t9-/m1/s1. The highest BCUT2D eigenvalue weighted by atomic mass is 16.1. The van der Waals surface area contributed by atoms with Gasteiger partial charge in [-0.25, -0.2) is 0 Å². The molecule has 1 N–H and O–H groups in total. The molecule has 1 amide bonds. The summed E-state index contributed by atoms with van der Waals surface area (Å²) < 4.78 is 0. The van der Waals surface area contributed by atoms with Gasteiger partial charge in [-0.1, -0.05) is 17.7 Å². The van der Waals surface area contributed by atoms with E-state index in [0.717, 1.165) is 5.57 Å². The Morgan fingerprint density at radius 2 is 2.15 bits per heavy atom. The fourth-order valence-corrected chi connectivity index (χ4v) is 0.597. The van der Waals surface area contributed by atoms with Crippen LogP contribution >= 0.6 is 0 Å². The second kappa shape index (κ2) is 6.01. The molecule has 0 aliphatic heterocycles. The van der Waals surface area contributed by atoms with E-state index in [1.165, 1.54) is 6.08 Å². The predicted molar refractivity (Wildman–Crippen MR) is 51.8 cm³/mol. The Morgan fingerprint density at radius 3 is 2.62 bits per heavy atom. The Labute approximate surface area is 78.7 Å². The molecule has 0 unspecified atom stereocenters. The molecule has 0 bridgehead atoms. The highest BCUT2D eigenvalue weighted by Gasteiger charge is 2.00. The normalized spacial score (nSPS) is 13.8. The van der Waals surface area contributed by atoms with Crippen LogP contribution in [0.4, 0.5) is 0 Å². The van der Waals surface area contributed by atoms with Crippen molar-refractivity contribution < 1.29 is 4.79 Å². The number of rotatable bonds is 3. The summed E-state index contributed by atoms with van der Waals surface area (Å²) in [6.45, 7) is 5.43. The van der Waals surface area contributed by atoms with Crippen LogP contribution in [0.3, 0.4) is 0 Å². The summed E-state index contributed by atoms with van der Waals surface area (Å²) in [6.07, 6.45) is 5.03. The van der Waals surface area contributed by atoms with Crippen LogP contribution < -0.4 is 5.32 Å². The predicted octanol–water partition coefficient (Wildman–Crippen LogP) is 1.54. The van der Waals surface area contributed by atoms with Gasteiger partial charge in [-0.3, -0.25) is 4.79 Å². The fourth-order valence-electron chi connectivity index (χ4n) is 0.597. The lowest BCUT2D eigenvalue weighted by molar-refractivity contribution is -0.116. The number of hydrogen-bond acceptors (Lipinski definition) is 2. The number of amides is 1. The van der Waals surface area contributed by atoms with Gasteiger partial charge in [0.05, 0.1) is 6.07 Å². The molecule has 0 saturated carbocycles. The SMILES string of the molecule is C/C=C(C)\C=C\C(=O)N[C@H](C)C#N. The first-order valence-corrected chi connectivity index (χ1v) is 4.11. The number of carbonyl (C=O) groups excluding carboxylic acids is 1. The maximum absolute atomic E-state index is 11.1. The third-order valence-electron chi connectivity index (χ3n) is 1.51. The minimum absolute atomic E-state index is 0.241. The molecule has 0 saturated heterocycles. The van der Waals surface area contributed by atoms with Crippen molar-refractivity contribution in [3.63, 3.8) is 0 Å². The molecule has 0 heterocycles. The molecule has 13 heavy (non-hydrogen) atoms. The second-order valence-electron chi connectivity index (χ2n) is 2.73. The van der Waals surface area contributed by atoms with E-state index in [9.17, 15) is 4.79 Å². The molecule has 0 aromatic rings. The van der Waals surface area contributed by atoms with Crippen LogP contribution in [0.2, 0.25) is 0 Å². The van der Waals surface area contributed by atoms with Crippen LogP contribution in [-0.4, -0.2) is 11.9 Å². The van der Waals surface area contributed by atoms with E-state index in [4.69, 9.17) is 5.26 Å². The lowest BCUT2D eigenvalue weighted by Gasteiger charge is -2.01. The lowest BCUT2D eigenvalue weighted by Crippen LogP contribution is -2.29. The average molecular weight is 178 g/mol. The number of allylic oxidation sites excluding steroid dienone is 3. The topological polar surface area (TPSA) is 52.9 Å². The number of hydrogen-bond donors (Lipinski definition) is 1. The minimum atomic E-state index is -0.442. The van der Waals surface area contributed by atoms with Crippen LogP contribution in [0, 0.1) is 11.3 Å². The van der Waals surface area contributed by atoms with Gasteiger partial charge in [0.15, 0.2) is 0 Å². The molecule has 0 aromatic heterocycles. The largest absolute Gasteiger partial charge is 0.337 e. The molecular formula is C10H14N2O. The van der Waals surface area contributed by atoms with Crippen molar-refractivity contribution in [2.24, 2.45) is 0 Å². The van der Waals surface area contributed by atoms with Crippen molar-refractivity contribution in [2.45, 2.75) is 26.8 Å². The van der Waals surface area contributed by atoms with Crippen LogP contribution in [0.15, 0.2) is 23.8 Å². The van der Waals surface area contributed by atoms with Gasteiger partial charge in [0.1, 0.15) is 6.04 Å². The summed E-state index contributed by atoms with van der Waals surface area (Å²) in [5.41, 5.74) is 1.01. The van der Waals surface area contributed by atoms with E-state index in [1.807, 2.05) is 26.0 Å². The van der Waals surface area contributed by atoms with Crippen molar-refractivity contribution in [1.29, 1.82) is 5.26 Å². The quantitative estimate of drug-likeness (QED) is 0.526. The zero-order valence-corrected chi connectivity index (χ0v) is 8.16. The van der Waals surface area contributed by atoms with Gasteiger partial charge in [-0.15, -0.1) is 0 Å². The van der Waals surface area contributed by atoms with Gasteiger partial charge in [0.25, 0.3) is 0 Å². The molecule has 0 aliphatic rings. The molecular weight excluding hydrogens is 164 g/mol. The third kappa shape index (κ3) is 5.68. The molecule has 0 aromatic carbocycles. The van der Waals surface area contributed by atoms with E-state index in [2.05, 4.69) is 5.32 Å². The van der Waals surface area contributed by atoms with E-state index in [-0.39, 0.29) is 5.91 Å². The summed E-state index contributed by atoms with van der Waals surface area (Å²) in [4.78, 5) is 11.1. The average Bonchev–Trinajstić information content (AvgIpc) is 2.13. The molecule has 0 rings (SSSR count). The van der Waals surface area contributed by atoms with Crippen LogP contribution in [0.5, 0.6) is 0 Å². The molecule has 3 nitrogen and oxygen atoms in total. The number of nitrogens with one attached hydrogen (secondary N) is 1. The number of carbonyl (C=O) groups is 1. The Morgan fingerprint density at radius 1 is 1.54 bits per heavy atom. The zero-order chi connectivity index (χ0) is 10.3. The van der Waals surface area contributed by atoms with Crippen molar-refractivity contribution in [3.05, 3.63) is 23.8 Å². The zero-order valence-electron chi connectivity index (χ0n) is 8.16. The van der Waals surface area contributed by atoms with E-state index >= 15 is 0 Å². The maximum Gasteiger partial charge on any atom is 0.245 e. The van der Waals surface area contributed by atoms with Crippen LogP contribution in [0.1, 0.15) is 20.8 Å². The minimum Gasteiger partial charge on any atom is -0.337 e. The number of nitrogens with zero attached hydrogens (tertiary/aromatic N) is 1. The van der Waals surface area contributed by atoms with Crippen LogP contribution in [-0.2, 0) is 4.79 Å². The smallest absolute Gasteiger partial charge is 0.245 e. The van der Waals surface area contributed by atoms with Gasteiger partial charge in [0, 0.05) is 6.08 Å².